The average molecular weight is 240 g/mol. The summed E-state index contributed by atoms with van der Waals surface area (Å²) in [5, 5.41) is 27.6. The number of nitrogen functional groups attached to an aromatic ring is 1. The second kappa shape index (κ2) is 4.81. The van der Waals surface area contributed by atoms with Crippen LogP contribution >= 0.6 is 0 Å². The summed E-state index contributed by atoms with van der Waals surface area (Å²) in [5.74, 6) is -2.38. The number of carboxylic acid groups (broad SMARTS) is 1. The monoisotopic (exact) mass is 240 g/mol. The number of primary amides is 1. The highest BCUT2D eigenvalue weighted by molar-refractivity contribution is 5.93. The van der Waals surface area contributed by atoms with Crippen LogP contribution in [0.15, 0.2) is 18.2 Å². The number of anilines is 1. The van der Waals surface area contributed by atoms with Crippen molar-refractivity contribution in [1.29, 1.82) is 0 Å². The number of aliphatic hydroxyl groups excluding tert-OH is 2. The number of benzene rings is 1. The molecular formula is C10H12N2O5. The summed E-state index contributed by atoms with van der Waals surface area (Å²) in [7, 11) is 0. The number of carbonyl (C=O) groups is 2. The van der Waals surface area contributed by atoms with Crippen LogP contribution in [0.5, 0.6) is 0 Å². The van der Waals surface area contributed by atoms with Crippen LogP contribution in [-0.4, -0.2) is 33.3 Å². The van der Waals surface area contributed by atoms with E-state index in [1.54, 1.807) is 0 Å². The molecule has 0 bridgehead atoms. The van der Waals surface area contributed by atoms with Gasteiger partial charge in [0, 0.05) is 5.69 Å². The third kappa shape index (κ3) is 2.71. The first kappa shape index (κ1) is 12.9. The Kier molecular flexibility index (Phi) is 3.66. The summed E-state index contributed by atoms with van der Waals surface area (Å²) in [6.07, 6.45) is -3.40. The van der Waals surface area contributed by atoms with Gasteiger partial charge in [0.2, 0.25) is 5.91 Å². The highest BCUT2D eigenvalue weighted by atomic mass is 16.4. The molecule has 0 radical (unpaired) electrons. The van der Waals surface area contributed by atoms with Gasteiger partial charge in [-0.25, -0.2) is 4.79 Å². The fraction of sp³-hybridized carbons (Fsp3) is 0.200. The van der Waals surface area contributed by atoms with E-state index in [2.05, 4.69) is 0 Å². The second-order valence-corrected chi connectivity index (χ2v) is 3.44. The Morgan fingerprint density at radius 3 is 2.29 bits per heavy atom. The molecule has 0 heterocycles. The number of hydrogen-bond donors (Lipinski definition) is 5. The molecule has 0 spiro atoms. The Morgan fingerprint density at radius 1 is 1.24 bits per heavy atom. The summed E-state index contributed by atoms with van der Waals surface area (Å²) < 4.78 is 0. The van der Waals surface area contributed by atoms with Crippen molar-refractivity contribution in [3.63, 3.8) is 0 Å². The lowest BCUT2D eigenvalue weighted by Crippen LogP contribution is -2.33. The Balaban J connectivity index is 3.11. The van der Waals surface area contributed by atoms with E-state index in [1.807, 2.05) is 0 Å². The largest absolute Gasteiger partial charge is 0.478 e. The van der Waals surface area contributed by atoms with Crippen molar-refractivity contribution in [3.8, 4) is 0 Å². The standard InChI is InChI=1S/C10H12N2O5/c11-6-2-1-4(3-5(6)10(16)17)7(13)8(14)9(12)15/h1-3,7-8,13-14H,11H2,(H2,12,15)(H,16,17). The van der Waals surface area contributed by atoms with Gasteiger partial charge in [0.1, 0.15) is 6.10 Å². The normalized spacial score (nSPS) is 14.0. The number of nitrogens with two attached hydrogens (primary N) is 2. The number of hydrogen-bond acceptors (Lipinski definition) is 5. The first-order valence-corrected chi connectivity index (χ1v) is 4.62. The number of rotatable bonds is 4. The topological polar surface area (TPSA) is 147 Å². The van der Waals surface area contributed by atoms with Crippen molar-refractivity contribution < 1.29 is 24.9 Å². The van der Waals surface area contributed by atoms with Gasteiger partial charge in [0.05, 0.1) is 5.56 Å². The third-order valence-corrected chi connectivity index (χ3v) is 2.24. The predicted molar refractivity (Wildman–Crippen MR) is 58.0 cm³/mol. The average Bonchev–Trinajstić information content (AvgIpc) is 2.27. The van der Waals surface area contributed by atoms with Crippen LogP contribution in [-0.2, 0) is 4.79 Å². The highest BCUT2D eigenvalue weighted by Crippen LogP contribution is 2.21. The van der Waals surface area contributed by atoms with E-state index in [1.165, 1.54) is 12.1 Å². The molecule has 1 amide bonds. The zero-order chi connectivity index (χ0) is 13.2. The molecule has 7 N–H and O–H groups in total. The van der Waals surface area contributed by atoms with E-state index in [9.17, 15) is 19.8 Å². The maximum absolute atomic E-state index is 10.8. The van der Waals surface area contributed by atoms with Crippen molar-refractivity contribution in [2.75, 3.05) is 5.73 Å². The van der Waals surface area contributed by atoms with Crippen molar-refractivity contribution in [2.24, 2.45) is 5.73 Å². The molecule has 2 atom stereocenters. The molecule has 2 unspecified atom stereocenters. The van der Waals surface area contributed by atoms with Gasteiger partial charge in [-0.15, -0.1) is 0 Å². The van der Waals surface area contributed by atoms with Gasteiger partial charge in [-0.1, -0.05) is 6.07 Å². The number of carboxylic acids is 1. The van der Waals surface area contributed by atoms with Crippen LogP contribution in [0.2, 0.25) is 0 Å². The van der Waals surface area contributed by atoms with E-state index < -0.39 is 24.1 Å². The van der Waals surface area contributed by atoms with Gasteiger partial charge >= 0.3 is 5.97 Å². The second-order valence-electron chi connectivity index (χ2n) is 3.44. The van der Waals surface area contributed by atoms with E-state index in [0.29, 0.717) is 0 Å². The Labute approximate surface area is 96.3 Å². The van der Waals surface area contributed by atoms with Crippen LogP contribution in [0, 0.1) is 0 Å². The minimum atomic E-state index is -1.81. The fourth-order valence-corrected chi connectivity index (χ4v) is 1.28. The van der Waals surface area contributed by atoms with Gasteiger partial charge in [0.15, 0.2) is 6.10 Å². The molecule has 0 saturated carbocycles. The summed E-state index contributed by atoms with van der Waals surface area (Å²) in [4.78, 5) is 21.5. The van der Waals surface area contributed by atoms with Gasteiger partial charge in [-0.05, 0) is 17.7 Å². The lowest BCUT2D eigenvalue weighted by Gasteiger charge is -2.16. The minimum Gasteiger partial charge on any atom is -0.478 e. The SMILES string of the molecule is NC(=O)C(O)C(O)c1ccc(N)c(C(=O)O)c1. The van der Waals surface area contributed by atoms with Gasteiger partial charge < -0.3 is 26.8 Å². The van der Waals surface area contributed by atoms with E-state index in [0.717, 1.165) is 6.07 Å². The molecule has 0 aliphatic carbocycles. The highest BCUT2D eigenvalue weighted by Gasteiger charge is 2.24. The Morgan fingerprint density at radius 2 is 1.82 bits per heavy atom. The molecule has 1 aromatic carbocycles. The molecule has 0 aliphatic heterocycles. The summed E-state index contributed by atoms with van der Waals surface area (Å²) in [5.41, 5.74) is 10.1. The van der Waals surface area contributed by atoms with E-state index >= 15 is 0 Å². The first-order chi connectivity index (χ1) is 7.84. The summed E-state index contributed by atoms with van der Waals surface area (Å²) in [6, 6.07) is 3.64. The molecule has 92 valence electrons. The third-order valence-electron chi connectivity index (χ3n) is 2.24. The number of carbonyl (C=O) groups excluding carboxylic acids is 1. The van der Waals surface area contributed by atoms with Crippen LogP contribution in [0.3, 0.4) is 0 Å². The molecule has 0 fully saturated rings. The molecule has 7 nitrogen and oxygen atoms in total. The number of aliphatic hydroxyl groups is 2. The summed E-state index contributed by atoms with van der Waals surface area (Å²) in [6.45, 7) is 0. The van der Waals surface area contributed by atoms with Gasteiger partial charge in [-0.3, -0.25) is 4.79 Å². The lowest BCUT2D eigenvalue weighted by molar-refractivity contribution is -0.131. The summed E-state index contributed by atoms with van der Waals surface area (Å²) >= 11 is 0. The quantitative estimate of drug-likeness (QED) is 0.420. The Hall–Kier alpha value is -2.12. The maximum atomic E-state index is 10.8. The molecule has 1 rings (SSSR count). The maximum Gasteiger partial charge on any atom is 0.337 e. The Bertz CT molecular complexity index is 460. The molecule has 0 saturated heterocycles. The fourth-order valence-electron chi connectivity index (χ4n) is 1.28. The molecule has 0 aliphatic rings. The van der Waals surface area contributed by atoms with Crippen LogP contribution in [0.1, 0.15) is 22.0 Å². The van der Waals surface area contributed by atoms with Crippen molar-refractivity contribution in [3.05, 3.63) is 29.3 Å². The lowest BCUT2D eigenvalue weighted by atomic mass is 10.0. The van der Waals surface area contributed by atoms with Crippen LogP contribution < -0.4 is 11.5 Å². The van der Waals surface area contributed by atoms with E-state index in [-0.39, 0.29) is 16.8 Å². The van der Waals surface area contributed by atoms with Gasteiger partial charge in [-0.2, -0.15) is 0 Å². The van der Waals surface area contributed by atoms with E-state index in [4.69, 9.17) is 16.6 Å². The number of aromatic carboxylic acids is 1. The minimum absolute atomic E-state index is 0.0158. The zero-order valence-electron chi connectivity index (χ0n) is 8.70. The molecule has 7 heteroatoms. The molecule has 0 aromatic heterocycles. The smallest absolute Gasteiger partial charge is 0.337 e. The van der Waals surface area contributed by atoms with Gasteiger partial charge in [0.25, 0.3) is 0 Å². The van der Waals surface area contributed by atoms with Crippen LogP contribution in [0.4, 0.5) is 5.69 Å². The molecular weight excluding hydrogens is 228 g/mol. The molecule has 1 aromatic rings. The predicted octanol–water partition coefficient (Wildman–Crippen LogP) is -1.15. The van der Waals surface area contributed by atoms with Crippen LogP contribution in [0.25, 0.3) is 0 Å². The van der Waals surface area contributed by atoms with Crippen molar-refractivity contribution >= 4 is 17.6 Å². The van der Waals surface area contributed by atoms with Crippen molar-refractivity contribution in [2.45, 2.75) is 12.2 Å². The van der Waals surface area contributed by atoms with Crippen molar-refractivity contribution in [1.82, 2.24) is 0 Å². The molecule has 17 heavy (non-hydrogen) atoms. The first-order valence-electron chi connectivity index (χ1n) is 4.62. The number of amides is 1. The zero-order valence-corrected chi connectivity index (χ0v) is 8.70.